The topological polar surface area (TPSA) is 75.6 Å². The minimum atomic E-state index is -0.976. The number of hydrogen-bond acceptors (Lipinski definition) is 4. The number of aromatic carboxylic acids is 1. The van der Waals surface area contributed by atoms with Crippen molar-refractivity contribution in [2.45, 2.75) is 45.4 Å². The van der Waals surface area contributed by atoms with Crippen LogP contribution in [0.1, 0.15) is 52.5 Å². The average molecular weight is 373 g/mol. The molecule has 0 atom stereocenters. The molecule has 0 fully saturated rings. The van der Waals surface area contributed by atoms with Crippen LogP contribution in [0.25, 0.3) is 0 Å². The molecule has 1 aromatic heterocycles. The van der Waals surface area contributed by atoms with Crippen LogP contribution in [0.15, 0.2) is 24.3 Å². The Morgan fingerprint density at radius 1 is 1.15 bits per heavy atom. The first-order chi connectivity index (χ1) is 12.6. The Kier molecular flexibility index (Phi) is 5.93. The van der Waals surface area contributed by atoms with E-state index in [-0.39, 0.29) is 18.1 Å². The number of ether oxygens (including phenoxy) is 1. The molecule has 0 saturated carbocycles. The van der Waals surface area contributed by atoms with Gasteiger partial charge in [0.1, 0.15) is 10.8 Å². The summed E-state index contributed by atoms with van der Waals surface area (Å²) in [5.41, 5.74) is 2.35. The predicted octanol–water partition coefficient (Wildman–Crippen LogP) is 4.30. The van der Waals surface area contributed by atoms with E-state index in [0.29, 0.717) is 10.8 Å². The lowest BCUT2D eigenvalue weighted by Crippen LogP contribution is -2.21. The van der Waals surface area contributed by atoms with Crippen LogP contribution in [0, 0.1) is 0 Å². The molecule has 1 heterocycles. The highest BCUT2D eigenvalue weighted by Gasteiger charge is 2.25. The highest BCUT2D eigenvalue weighted by Crippen LogP contribution is 2.37. The Balaban J connectivity index is 1.67. The molecule has 0 saturated heterocycles. The van der Waals surface area contributed by atoms with Gasteiger partial charge in [-0.15, -0.1) is 11.3 Å². The quantitative estimate of drug-likeness (QED) is 0.741. The van der Waals surface area contributed by atoms with Crippen LogP contribution >= 0.6 is 11.3 Å². The van der Waals surface area contributed by atoms with Crippen LogP contribution in [-0.2, 0) is 24.1 Å². The molecule has 3 rings (SSSR count). The standard InChI is InChI=1S/C20H23NO4S/c1-2-13-8-10-14(11-9-13)25-12-17(22)21-19-18(20(23)24)15-6-4-3-5-7-16(15)26-19/h8-11H,2-7,12H2,1H3,(H,21,22)(H,23,24). The van der Waals surface area contributed by atoms with Gasteiger partial charge in [-0.25, -0.2) is 4.79 Å². The molecule has 6 heteroatoms. The summed E-state index contributed by atoms with van der Waals surface area (Å²) < 4.78 is 5.51. The van der Waals surface area contributed by atoms with Crippen molar-refractivity contribution in [3.05, 3.63) is 45.8 Å². The van der Waals surface area contributed by atoms with E-state index < -0.39 is 5.97 Å². The largest absolute Gasteiger partial charge is 0.484 e. The van der Waals surface area contributed by atoms with E-state index in [0.717, 1.165) is 49.0 Å². The van der Waals surface area contributed by atoms with E-state index in [9.17, 15) is 14.7 Å². The monoisotopic (exact) mass is 373 g/mol. The zero-order valence-electron chi connectivity index (χ0n) is 14.8. The maximum Gasteiger partial charge on any atom is 0.339 e. The lowest BCUT2D eigenvalue weighted by Gasteiger charge is -2.08. The van der Waals surface area contributed by atoms with Gasteiger partial charge in [-0.2, -0.15) is 0 Å². The molecule has 138 valence electrons. The summed E-state index contributed by atoms with van der Waals surface area (Å²) in [4.78, 5) is 25.0. The number of thiophene rings is 1. The number of rotatable bonds is 6. The Morgan fingerprint density at radius 2 is 1.88 bits per heavy atom. The second-order valence-electron chi connectivity index (χ2n) is 6.41. The molecule has 5 nitrogen and oxygen atoms in total. The third-order valence-electron chi connectivity index (χ3n) is 4.59. The predicted molar refractivity (Wildman–Crippen MR) is 102 cm³/mol. The molecule has 26 heavy (non-hydrogen) atoms. The van der Waals surface area contributed by atoms with Gasteiger partial charge >= 0.3 is 5.97 Å². The molecule has 1 aliphatic carbocycles. The first kappa shape index (κ1) is 18.5. The Bertz CT molecular complexity index is 795. The number of anilines is 1. The van der Waals surface area contributed by atoms with Gasteiger partial charge in [0.2, 0.25) is 0 Å². The van der Waals surface area contributed by atoms with Gasteiger partial charge in [0.05, 0.1) is 5.56 Å². The third-order valence-corrected chi connectivity index (χ3v) is 5.80. The number of carboxylic acid groups (broad SMARTS) is 1. The van der Waals surface area contributed by atoms with Crippen molar-refractivity contribution in [2.75, 3.05) is 11.9 Å². The van der Waals surface area contributed by atoms with Gasteiger partial charge in [-0.3, -0.25) is 4.79 Å². The highest BCUT2D eigenvalue weighted by molar-refractivity contribution is 7.17. The molecule has 0 radical (unpaired) electrons. The number of carboxylic acids is 1. The fourth-order valence-corrected chi connectivity index (χ4v) is 4.49. The summed E-state index contributed by atoms with van der Waals surface area (Å²) in [6, 6.07) is 7.60. The fraction of sp³-hybridized carbons (Fsp3) is 0.400. The molecular formula is C20H23NO4S. The van der Waals surface area contributed by atoms with Crippen molar-refractivity contribution in [1.82, 2.24) is 0 Å². The molecule has 2 aromatic rings. The number of amides is 1. The first-order valence-electron chi connectivity index (χ1n) is 8.98. The van der Waals surface area contributed by atoms with Crippen LogP contribution in [0.5, 0.6) is 5.75 Å². The number of nitrogens with one attached hydrogen (secondary N) is 1. The zero-order chi connectivity index (χ0) is 18.5. The number of hydrogen-bond donors (Lipinski definition) is 2. The van der Waals surface area contributed by atoms with Crippen molar-refractivity contribution in [3.8, 4) is 5.75 Å². The molecule has 2 N–H and O–H groups in total. The van der Waals surface area contributed by atoms with E-state index in [4.69, 9.17) is 4.74 Å². The fourth-order valence-electron chi connectivity index (χ4n) is 3.19. The number of aryl methyl sites for hydroxylation is 2. The van der Waals surface area contributed by atoms with E-state index in [1.807, 2.05) is 24.3 Å². The maximum atomic E-state index is 12.2. The van der Waals surface area contributed by atoms with E-state index in [1.165, 1.54) is 16.9 Å². The molecule has 0 unspecified atom stereocenters. The van der Waals surface area contributed by atoms with E-state index >= 15 is 0 Å². The summed E-state index contributed by atoms with van der Waals surface area (Å²) >= 11 is 1.39. The van der Waals surface area contributed by atoms with Crippen LogP contribution in [-0.4, -0.2) is 23.6 Å². The summed E-state index contributed by atoms with van der Waals surface area (Å²) in [6.45, 7) is 1.93. The van der Waals surface area contributed by atoms with Gasteiger partial charge < -0.3 is 15.2 Å². The molecule has 0 aliphatic heterocycles. The van der Waals surface area contributed by atoms with Crippen molar-refractivity contribution in [3.63, 3.8) is 0 Å². The van der Waals surface area contributed by atoms with Crippen LogP contribution in [0.2, 0.25) is 0 Å². The summed E-state index contributed by atoms with van der Waals surface area (Å²) in [6.07, 6.45) is 5.78. The second-order valence-corrected chi connectivity index (χ2v) is 7.51. The molecule has 1 aliphatic rings. The molecular weight excluding hydrogens is 350 g/mol. The number of benzene rings is 1. The maximum absolute atomic E-state index is 12.2. The average Bonchev–Trinajstić information content (AvgIpc) is 2.81. The number of fused-ring (bicyclic) bond motifs is 1. The van der Waals surface area contributed by atoms with Crippen LogP contribution in [0.4, 0.5) is 5.00 Å². The highest BCUT2D eigenvalue weighted by atomic mass is 32.1. The molecule has 0 bridgehead atoms. The molecule has 1 amide bonds. The minimum absolute atomic E-state index is 0.146. The Hall–Kier alpha value is -2.34. The molecule has 0 spiro atoms. The van der Waals surface area contributed by atoms with Crippen molar-refractivity contribution >= 4 is 28.2 Å². The minimum Gasteiger partial charge on any atom is -0.484 e. The number of carbonyl (C=O) groups is 2. The van der Waals surface area contributed by atoms with Crippen molar-refractivity contribution in [1.29, 1.82) is 0 Å². The van der Waals surface area contributed by atoms with Gasteiger partial charge in [0.15, 0.2) is 6.61 Å². The van der Waals surface area contributed by atoms with E-state index in [2.05, 4.69) is 12.2 Å². The summed E-state index contributed by atoms with van der Waals surface area (Å²) in [7, 11) is 0. The second kappa shape index (κ2) is 8.36. The van der Waals surface area contributed by atoms with Crippen LogP contribution < -0.4 is 10.1 Å². The Labute approximate surface area is 157 Å². The zero-order valence-corrected chi connectivity index (χ0v) is 15.7. The first-order valence-corrected chi connectivity index (χ1v) is 9.79. The lowest BCUT2D eigenvalue weighted by atomic mass is 10.1. The van der Waals surface area contributed by atoms with Gasteiger partial charge in [0.25, 0.3) is 5.91 Å². The van der Waals surface area contributed by atoms with Gasteiger partial charge in [0, 0.05) is 4.88 Å². The Morgan fingerprint density at radius 3 is 2.58 bits per heavy atom. The van der Waals surface area contributed by atoms with E-state index in [1.54, 1.807) is 0 Å². The number of carbonyl (C=O) groups excluding carboxylic acids is 1. The third kappa shape index (κ3) is 4.25. The van der Waals surface area contributed by atoms with Crippen molar-refractivity contribution in [2.24, 2.45) is 0 Å². The normalized spacial score (nSPS) is 13.6. The van der Waals surface area contributed by atoms with Crippen molar-refractivity contribution < 1.29 is 19.4 Å². The van der Waals surface area contributed by atoms with Crippen LogP contribution in [0.3, 0.4) is 0 Å². The molecule has 1 aromatic carbocycles. The summed E-state index contributed by atoms with van der Waals surface area (Å²) in [5, 5.41) is 12.8. The van der Waals surface area contributed by atoms with Gasteiger partial charge in [-0.1, -0.05) is 25.5 Å². The summed E-state index contributed by atoms with van der Waals surface area (Å²) in [5.74, 6) is -0.697. The SMILES string of the molecule is CCc1ccc(OCC(=O)Nc2sc3c(c2C(=O)O)CCCCC3)cc1. The lowest BCUT2D eigenvalue weighted by molar-refractivity contribution is -0.118. The van der Waals surface area contributed by atoms with Gasteiger partial charge in [-0.05, 0) is 55.4 Å². The smallest absolute Gasteiger partial charge is 0.339 e.